The van der Waals surface area contributed by atoms with Crippen molar-refractivity contribution < 1.29 is 14.3 Å². The lowest BCUT2D eigenvalue weighted by Gasteiger charge is -2.18. The zero-order valence-corrected chi connectivity index (χ0v) is 13.6. The number of nitrogens with zero attached hydrogens (tertiary/aromatic N) is 1. The molecule has 5 nitrogen and oxygen atoms in total. The minimum atomic E-state index is -0.294. The summed E-state index contributed by atoms with van der Waals surface area (Å²) in [5, 5.41) is 3.30. The number of nitrogens with one attached hydrogen (secondary N) is 1. The fourth-order valence-corrected chi connectivity index (χ4v) is 4.38. The normalized spacial score (nSPS) is 30.0. The van der Waals surface area contributed by atoms with Crippen LogP contribution in [0.3, 0.4) is 0 Å². The molecule has 126 valence electrons. The molecule has 3 fully saturated rings. The largest absolute Gasteiger partial charge is 0.373 e. The average molecular weight is 334 g/mol. The van der Waals surface area contributed by atoms with Crippen molar-refractivity contribution in [2.24, 2.45) is 11.8 Å². The van der Waals surface area contributed by atoms with E-state index in [2.05, 4.69) is 5.32 Å². The number of imide groups is 1. The predicted octanol–water partition coefficient (Wildman–Crippen LogP) is 3.10. The number of anilines is 3. The quantitative estimate of drug-likeness (QED) is 0.876. The van der Waals surface area contributed by atoms with Crippen LogP contribution in [0.5, 0.6) is 0 Å². The van der Waals surface area contributed by atoms with Crippen LogP contribution in [0.4, 0.5) is 17.1 Å². The maximum absolute atomic E-state index is 12.9. The van der Waals surface area contributed by atoms with Crippen LogP contribution >= 0.6 is 0 Å². The van der Waals surface area contributed by atoms with E-state index in [1.165, 1.54) is 4.90 Å². The molecule has 3 aliphatic rings. The highest BCUT2D eigenvalue weighted by Crippen LogP contribution is 2.49. The second-order valence-corrected chi connectivity index (χ2v) is 6.90. The standard InChI is InChI=1S/C20H18N2O3/c23-19-17-15-9-10-16(25-15)18(17)20(24)22(19)14-8-4-7-13(11-14)21-12-5-2-1-3-6-12/h1-8,11,15-18,21H,9-10H2. The molecule has 0 saturated carbocycles. The van der Waals surface area contributed by atoms with Gasteiger partial charge in [0.25, 0.3) is 0 Å². The molecule has 5 heteroatoms. The first-order valence-electron chi connectivity index (χ1n) is 8.68. The van der Waals surface area contributed by atoms with Gasteiger partial charge < -0.3 is 10.1 Å². The van der Waals surface area contributed by atoms with Crippen molar-refractivity contribution in [3.8, 4) is 0 Å². The Morgan fingerprint density at radius 3 is 2.16 bits per heavy atom. The number of ether oxygens (including phenoxy) is 1. The molecule has 25 heavy (non-hydrogen) atoms. The Hall–Kier alpha value is -2.66. The Bertz CT molecular complexity index is 823. The molecular formula is C20H18N2O3. The zero-order valence-electron chi connectivity index (χ0n) is 13.6. The van der Waals surface area contributed by atoms with Crippen molar-refractivity contribution in [1.82, 2.24) is 0 Å². The van der Waals surface area contributed by atoms with Gasteiger partial charge in [0.05, 0.1) is 29.7 Å². The summed E-state index contributed by atoms with van der Waals surface area (Å²) < 4.78 is 5.79. The van der Waals surface area contributed by atoms with Gasteiger partial charge in [0, 0.05) is 11.4 Å². The number of amides is 2. The van der Waals surface area contributed by atoms with Gasteiger partial charge >= 0.3 is 0 Å². The third-order valence-electron chi connectivity index (χ3n) is 5.45. The highest BCUT2D eigenvalue weighted by atomic mass is 16.5. The molecule has 5 rings (SSSR count). The first kappa shape index (κ1) is 14.7. The van der Waals surface area contributed by atoms with Gasteiger partial charge in [0.2, 0.25) is 11.8 Å². The van der Waals surface area contributed by atoms with Crippen molar-refractivity contribution in [3.05, 3.63) is 54.6 Å². The van der Waals surface area contributed by atoms with Crippen LogP contribution in [0.15, 0.2) is 54.6 Å². The number of benzene rings is 2. The second kappa shape index (κ2) is 5.43. The molecule has 2 aromatic rings. The van der Waals surface area contributed by atoms with Gasteiger partial charge in [-0.2, -0.15) is 0 Å². The summed E-state index contributed by atoms with van der Waals surface area (Å²) in [6, 6.07) is 17.3. The van der Waals surface area contributed by atoms with Gasteiger partial charge in [-0.05, 0) is 43.2 Å². The van der Waals surface area contributed by atoms with Crippen LogP contribution in [0, 0.1) is 11.8 Å². The van der Waals surface area contributed by atoms with Crippen molar-refractivity contribution in [1.29, 1.82) is 0 Å². The molecule has 2 aromatic carbocycles. The number of carbonyl (C=O) groups excluding carboxylic acids is 2. The molecule has 2 bridgehead atoms. The van der Waals surface area contributed by atoms with E-state index in [-0.39, 0.29) is 35.9 Å². The fourth-order valence-electron chi connectivity index (χ4n) is 4.38. The Labute approximate surface area is 145 Å². The molecule has 0 radical (unpaired) electrons. The van der Waals surface area contributed by atoms with Crippen molar-refractivity contribution in [3.63, 3.8) is 0 Å². The Morgan fingerprint density at radius 1 is 0.840 bits per heavy atom. The van der Waals surface area contributed by atoms with E-state index in [4.69, 9.17) is 4.74 Å². The molecule has 0 aliphatic carbocycles. The lowest BCUT2D eigenvalue weighted by Crippen LogP contribution is -2.34. The van der Waals surface area contributed by atoms with Crippen LogP contribution in [-0.2, 0) is 14.3 Å². The zero-order chi connectivity index (χ0) is 17.0. The predicted molar refractivity (Wildman–Crippen MR) is 93.5 cm³/mol. The van der Waals surface area contributed by atoms with Crippen LogP contribution in [0.25, 0.3) is 0 Å². The van der Waals surface area contributed by atoms with Crippen LogP contribution < -0.4 is 10.2 Å². The van der Waals surface area contributed by atoms with E-state index in [0.29, 0.717) is 5.69 Å². The van der Waals surface area contributed by atoms with Crippen molar-refractivity contribution in [2.75, 3.05) is 10.2 Å². The first-order valence-corrected chi connectivity index (χ1v) is 8.68. The maximum Gasteiger partial charge on any atom is 0.240 e. The summed E-state index contributed by atoms with van der Waals surface area (Å²) >= 11 is 0. The molecule has 1 N–H and O–H groups in total. The molecule has 4 atom stereocenters. The van der Waals surface area contributed by atoms with E-state index in [9.17, 15) is 9.59 Å². The number of para-hydroxylation sites is 1. The number of carbonyl (C=O) groups is 2. The first-order chi connectivity index (χ1) is 12.2. The van der Waals surface area contributed by atoms with Gasteiger partial charge in [0.15, 0.2) is 0 Å². The number of hydrogen-bond acceptors (Lipinski definition) is 4. The fraction of sp³-hybridized carbons (Fsp3) is 0.300. The minimum Gasteiger partial charge on any atom is -0.373 e. The minimum absolute atomic E-state index is 0.0814. The summed E-state index contributed by atoms with van der Waals surface area (Å²) in [5.41, 5.74) is 2.44. The molecular weight excluding hydrogens is 316 g/mol. The topological polar surface area (TPSA) is 58.6 Å². The van der Waals surface area contributed by atoms with Gasteiger partial charge in [0.1, 0.15) is 0 Å². The highest BCUT2D eigenvalue weighted by molar-refractivity contribution is 6.23. The van der Waals surface area contributed by atoms with Gasteiger partial charge in [-0.15, -0.1) is 0 Å². The number of fused-ring (bicyclic) bond motifs is 5. The molecule has 3 aliphatic heterocycles. The maximum atomic E-state index is 12.9. The number of hydrogen-bond donors (Lipinski definition) is 1. The summed E-state index contributed by atoms with van der Waals surface area (Å²) in [5.74, 6) is -0.813. The van der Waals surface area contributed by atoms with Crippen molar-refractivity contribution in [2.45, 2.75) is 25.0 Å². The van der Waals surface area contributed by atoms with E-state index in [0.717, 1.165) is 24.2 Å². The summed E-state index contributed by atoms with van der Waals surface area (Å²) in [6.45, 7) is 0. The highest BCUT2D eigenvalue weighted by Gasteiger charge is 2.62. The Kier molecular flexibility index (Phi) is 3.18. The molecule has 0 spiro atoms. The van der Waals surface area contributed by atoms with Crippen LogP contribution in [-0.4, -0.2) is 24.0 Å². The summed E-state index contributed by atoms with van der Waals surface area (Å²) in [6.07, 6.45) is 1.60. The van der Waals surface area contributed by atoms with E-state index < -0.39 is 0 Å². The Balaban J connectivity index is 1.45. The number of rotatable bonds is 3. The molecule has 3 saturated heterocycles. The van der Waals surface area contributed by atoms with E-state index in [1.54, 1.807) is 0 Å². The van der Waals surface area contributed by atoms with Crippen molar-refractivity contribution >= 4 is 28.9 Å². The smallest absolute Gasteiger partial charge is 0.240 e. The Morgan fingerprint density at radius 2 is 1.48 bits per heavy atom. The molecule has 4 unspecified atom stereocenters. The second-order valence-electron chi connectivity index (χ2n) is 6.90. The van der Waals surface area contributed by atoms with E-state index in [1.807, 2.05) is 54.6 Å². The molecule has 0 aromatic heterocycles. The molecule has 2 amide bonds. The lowest BCUT2D eigenvalue weighted by molar-refractivity contribution is -0.124. The average Bonchev–Trinajstić information content (AvgIpc) is 3.30. The SMILES string of the molecule is O=C1C2C3CCC(O3)C2C(=O)N1c1cccc(Nc2ccccc2)c1. The summed E-state index contributed by atoms with van der Waals surface area (Å²) in [7, 11) is 0. The van der Waals surface area contributed by atoms with Gasteiger partial charge in [-0.1, -0.05) is 24.3 Å². The van der Waals surface area contributed by atoms with Gasteiger partial charge in [-0.3, -0.25) is 9.59 Å². The van der Waals surface area contributed by atoms with Crippen LogP contribution in [0.2, 0.25) is 0 Å². The van der Waals surface area contributed by atoms with Gasteiger partial charge in [-0.25, -0.2) is 4.90 Å². The third-order valence-corrected chi connectivity index (χ3v) is 5.45. The molecule has 3 heterocycles. The third kappa shape index (κ3) is 2.19. The monoisotopic (exact) mass is 334 g/mol. The summed E-state index contributed by atoms with van der Waals surface area (Å²) in [4.78, 5) is 27.1. The van der Waals surface area contributed by atoms with Crippen LogP contribution in [0.1, 0.15) is 12.8 Å². The van der Waals surface area contributed by atoms with E-state index >= 15 is 0 Å². The lowest BCUT2D eigenvalue weighted by atomic mass is 9.81.